The number of aliphatic imine (C=N–C) groups is 1. The van der Waals surface area contributed by atoms with E-state index in [9.17, 15) is 5.26 Å². The van der Waals surface area contributed by atoms with E-state index < -0.39 is 0 Å². The number of pyridine rings is 1. The molecule has 0 spiro atoms. The van der Waals surface area contributed by atoms with Crippen molar-refractivity contribution >= 4 is 22.5 Å². The molecule has 1 aliphatic heterocycles. The number of aromatic nitrogens is 1. The van der Waals surface area contributed by atoms with Gasteiger partial charge in [0.25, 0.3) is 0 Å². The maximum absolute atomic E-state index is 9.24. The van der Waals surface area contributed by atoms with E-state index in [1.54, 1.807) is 24.5 Å². The van der Waals surface area contributed by atoms with Gasteiger partial charge in [-0.3, -0.25) is 4.98 Å². The van der Waals surface area contributed by atoms with Gasteiger partial charge >= 0.3 is 0 Å². The normalized spacial score (nSPS) is 17.5. The first-order valence-electron chi connectivity index (χ1n) is 4.95. The Bertz CT molecular complexity index is 564. The average Bonchev–Trinajstić information content (AvgIpc) is 2.36. The molecular weight excluding hydrogens is 236 g/mol. The monoisotopic (exact) mass is 244 g/mol. The smallest absolute Gasteiger partial charge is 0.200 e. The molecule has 1 aromatic heterocycles. The molecule has 5 heteroatoms. The lowest BCUT2D eigenvalue weighted by Crippen LogP contribution is -2.22. The third-order valence-corrected chi connectivity index (χ3v) is 2.47. The Labute approximate surface area is 104 Å². The largest absolute Gasteiger partial charge is 0.329 e. The molecule has 84 valence electrons. The first-order chi connectivity index (χ1) is 8.22. The zero-order valence-electron chi connectivity index (χ0n) is 9.11. The minimum atomic E-state index is 0.245. The maximum atomic E-state index is 9.24. The standard InChI is InChI=1S/C12H9ClN4/c1-8-7-16-12(13)17-11(8)9(6-14)10-4-2-3-5-15-10/h2-5,7H,1H3,(H,16,17). The highest BCUT2D eigenvalue weighted by Gasteiger charge is 2.15. The summed E-state index contributed by atoms with van der Waals surface area (Å²) in [7, 11) is 0. The van der Waals surface area contributed by atoms with Crippen LogP contribution >= 0.6 is 11.6 Å². The lowest BCUT2D eigenvalue weighted by atomic mass is 10.1. The van der Waals surface area contributed by atoms with Crippen molar-refractivity contribution in [2.45, 2.75) is 6.92 Å². The van der Waals surface area contributed by atoms with Gasteiger partial charge < -0.3 is 5.32 Å². The number of amidine groups is 1. The molecular formula is C12H9ClN4. The summed E-state index contributed by atoms with van der Waals surface area (Å²) in [5.41, 5.74) is 2.55. The Morgan fingerprint density at radius 2 is 2.29 bits per heavy atom. The number of halogens is 1. The zero-order valence-corrected chi connectivity index (χ0v) is 9.86. The first-order valence-corrected chi connectivity index (χ1v) is 5.33. The molecule has 0 amide bonds. The van der Waals surface area contributed by atoms with Crippen molar-refractivity contribution in [2.24, 2.45) is 4.99 Å². The van der Waals surface area contributed by atoms with Gasteiger partial charge in [0.1, 0.15) is 11.6 Å². The van der Waals surface area contributed by atoms with Crippen molar-refractivity contribution < 1.29 is 0 Å². The Kier molecular flexibility index (Phi) is 3.22. The first kappa shape index (κ1) is 11.4. The van der Waals surface area contributed by atoms with Crippen molar-refractivity contribution in [3.8, 4) is 6.07 Å². The minimum absolute atomic E-state index is 0.245. The van der Waals surface area contributed by atoms with Gasteiger partial charge in [0, 0.05) is 12.4 Å². The molecule has 4 nitrogen and oxygen atoms in total. The molecule has 0 radical (unpaired) electrons. The quantitative estimate of drug-likeness (QED) is 0.610. The number of nitrogens with zero attached hydrogens (tertiary/aromatic N) is 3. The summed E-state index contributed by atoms with van der Waals surface area (Å²) in [5.74, 6) is 0. The van der Waals surface area contributed by atoms with Gasteiger partial charge in [-0.05, 0) is 36.2 Å². The summed E-state index contributed by atoms with van der Waals surface area (Å²) < 4.78 is 0. The van der Waals surface area contributed by atoms with Crippen molar-refractivity contribution in [3.05, 3.63) is 47.6 Å². The molecule has 0 fully saturated rings. The van der Waals surface area contributed by atoms with Crippen molar-refractivity contribution in [2.75, 3.05) is 0 Å². The number of nitrogens with one attached hydrogen (secondary N) is 1. The average molecular weight is 245 g/mol. The molecule has 0 unspecified atom stereocenters. The second-order valence-corrected chi connectivity index (χ2v) is 3.79. The van der Waals surface area contributed by atoms with E-state index in [4.69, 9.17) is 11.6 Å². The maximum Gasteiger partial charge on any atom is 0.200 e. The van der Waals surface area contributed by atoms with Crippen LogP contribution < -0.4 is 5.32 Å². The van der Waals surface area contributed by atoms with Gasteiger partial charge in [0.2, 0.25) is 0 Å². The van der Waals surface area contributed by atoms with Crippen molar-refractivity contribution in [1.82, 2.24) is 10.3 Å². The van der Waals surface area contributed by atoms with Crippen LogP contribution in [0.4, 0.5) is 0 Å². The summed E-state index contributed by atoms with van der Waals surface area (Å²) in [6.45, 7) is 1.86. The summed E-state index contributed by atoms with van der Waals surface area (Å²) in [5, 5.41) is 12.4. The second-order valence-electron chi connectivity index (χ2n) is 3.43. The zero-order chi connectivity index (χ0) is 12.3. The Morgan fingerprint density at radius 3 is 2.94 bits per heavy atom. The predicted molar refractivity (Wildman–Crippen MR) is 67.0 cm³/mol. The summed E-state index contributed by atoms with van der Waals surface area (Å²) in [6.07, 6.45) is 3.26. The molecule has 1 aliphatic rings. The number of allylic oxidation sites excluding steroid dienone is 2. The SMILES string of the molecule is CC1=CN=C(Cl)NC1=C(C#N)c1ccccn1. The third-order valence-electron chi connectivity index (χ3n) is 2.28. The van der Waals surface area contributed by atoms with E-state index in [1.165, 1.54) is 0 Å². The molecule has 2 heterocycles. The van der Waals surface area contributed by atoms with Crippen LogP contribution in [0.15, 0.2) is 46.9 Å². The molecule has 1 aromatic rings. The van der Waals surface area contributed by atoms with Crippen LogP contribution in [-0.2, 0) is 0 Å². The molecule has 0 atom stereocenters. The van der Waals surface area contributed by atoms with E-state index in [0.29, 0.717) is 17.0 Å². The molecule has 1 N–H and O–H groups in total. The number of hydrogen-bond donors (Lipinski definition) is 1. The molecule has 2 rings (SSSR count). The number of rotatable bonds is 1. The fraction of sp³-hybridized carbons (Fsp3) is 0.0833. The van der Waals surface area contributed by atoms with Crippen LogP contribution in [0.3, 0.4) is 0 Å². The van der Waals surface area contributed by atoms with Crippen LogP contribution in [0.25, 0.3) is 5.57 Å². The molecule has 0 aliphatic carbocycles. The molecule has 0 saturated heterocycles. The van der Waals surface area contributed by atoms with Crippen LogP contribution in [-0.4, -0.2) is 10.3 Å². The number of hydrogen-bond acceptors (Lipinski definition) is 4. The lowest BCUT2D eigenvalue weighted by molar-refractivity contribution is 1.09. The predicted octanol–water partition coefficient (Wildman–Crippen LogP) is 2.42. The molecule has 0 aromatic carbocycles. The van der Waals surface area contributed by atoms with Crippen LogP contribution in [0, 0.1) is 11.3 Å². The lowest BCUT2D eigenvalue weighted by Gasteiger charge is -2.15. The third kappa shape index (κ3) is 2.35. The van der Waals surface area contributed by atoms with Gasteiger partial charge in [-0.15, -0.1) is 0 Å². The molecule has 0 bridgehead atoms. The highest BCUT2D eigenvalue weighted by Crippen LogP contribution is 2.22. The topological polar surface area (TPSA) is 61.1 Å². The highest BCUT2D eigenvalue weighted by atomic mass is 35.5. The van der Waals surface area contributed by atoms with E-state index in [0.717, 1.165) is 5.57 Å². The second kappa shape index (κ2) is 4.81. The Hall–Kier alpha value is -2.12. The molecule has 0 saturated carbocycles. The van der Waals surface area contributed by atoms with Gasteiger partial charge in [0.05, 0.1) is 11.4 Å². The van der Waals surface area contributed by atoms with Gasteiger partial charge in [0.15, 0.2) is 5.29 Å². The fourth-order valence-electron chi connectivity index (χ4n) is 1.46. The molecule has 17 heavy (non-hydrogen) atoms. The summed E-state index contributed by atoms with van der Waals surface area (Å²) in [4.78, 5) is 8.07. The van der Waals surface area contributed by atoms with Crippen molar-refractivity contribution in [1.29, 1.82) is 5.26 Å². The van der Waals surface area contributed by atoms with E-state index >= 15 is 0 Å². The van der Waals surface area contributed by atoms with Crippen molar-refractivity contribution in [3.63, 3.8) is 0 Å². The van der Waals surface area contributed by atoms with Crippen LogP contribution in [0.2, 0.25) is 0 Å². The van der Waals surface area contributed by atoms with Gasteiger partial charge in [-0.1, -0.05) is 6.07 Å². The van der Waals surface area contributed by atoms with Gasteiger partial charge in [-0.25, -0.2) is 4.99 Å². The van der Waals surface area contributed by atoms with Crippen LogP contribution in [0.1, 0.15) is 12.6 Å². The van der Waals surface area contributed by atoms with E-state index in [-0.39, 0.29) is 5.29 Å². The Balaban J connectivity index is 2.54. The van der Waals surface area contributed by atoms with E-state index in [2.05, 4.69) is 21.4 Å². The summed E-state index contributed by atoms with van der Waals surface area (Å²) in [6, 6.07) is 7.55. The Morgan fingerprint density at radius 1 is 1.47 bits per heavy atom. The number of nitriles is 1. The van der Waals surface area contributed by atoms with E-state index in [1.807, 2.05) is 13.0 Å². The van der Waals surface area contributed by atoms with Gasteiger partial charge in [-0.2, -0.15) is 5.26 Å². The van der Waals surface area contributed by atoms with Crippen LogP contribution in [0.5, 0.6) is 0 Å². The highest BCUT2D eigenvalue weighted by molar-refractivity contribution is 6.65. The fourth-order valence-corrected chi connectivity index (χ4v) is 1.61. The minimum Gasteiger partial charge on any atom is -0.329 e. The summed E-state index contributed by atoms with van der Waals surface area (Å²) >= 11 is 5.80.